The first-order valence-electron chi connectivity index (χ1n) is 12.5. The Balaban J connectivity index is 1.75. The van der Waals surface area contributed by atoms with Gasteiger partial charge in [-0.25, -0.2) is 0 Å². The highest BCUT2D eigenvalue weighted by molar-refractivity contribution is 4.87. The highest BCUT2D eigenvalue weighted by Gasteiger charge is 2.39. The van der Waals surface area contributed by atoms with Gasteiger partial charge in [-0.2, -0.15) is 0 Å². The SMILES string of the molecule is CCCC/C=C/CCCCCCCCCCCCCOC[C@@H](O)[C@H]1OC[C@H](O)[C@H]1O. The Labute approximate surface area is 184 Å². The molecule has 0 aromatic carbocycles. The first-order chi connectivity index (χ1) is 14.7. The molecule has 30 heavy (non-hydrogen) atoms. The predicted molar refractivity (Wildman–Crippen MR) is 123 cm³/mol. The van der Waals surface area contributed by atoms with Crippen LogP contribution in [0.25, 0.3) is 0 Å². The number of ether oxygens (including phenoxy) is 2. The molecule has 0 unspecified atom stereocenters. The van der Waals surface area contributed by atoms with Crippen molar-refractivity contribution in [2.24, 2.45) is 0 Å². The second kappa shape index (κ2) is 19.2. The first-order valence-corrected chi connectivity index (χ1v) is 12.5. The van der Waals surface area contributed by atoms with Crippen LogP contribution in [-0.2, 0) is 9.47 Å². The van der Waals surface area contributed by atoms with Crippen molar-refractivity contribution in [3.8, 4) is 0 Å². The van der Waals surface area contributed by atoms with Crippen LogP contribution in [0.1, 0.15) is 103 Å². The van der Waals surface area contributed by atoms with Crippen LogP contribution in [0.2, 0.25) is 0 Å². The summed E-state index contributed by atoms with van der Waals surface area (Å²) in [6.07, 6.45) is 20.5. The van der Waals surface area contributed by atoms with Crippen LogP contribution in [0.3, 0.4) is 0 Å². The summed E-state index contributed by atoms with van der Waals surface area (Å²) in [6, 6.07) is 0. The third-order valence-corrected chi connectivity index (χ3v) is 5.91. The molecule has 4 atom stereocenters. The molecule has 1 heterocycles. The topological polar surface area (TPSA) is 79.2 Å². The summed E-state index contributed by atoms with van der Waals surface area (Å²) in [5.74, 6) is 0. The van der Waals surface area contributed by atoms with Crippen LogP contribution in [0, 0.1) is 0 Å². The first kappa shape index (κ1) is 27.6. The zero-order chi connectivity index (χ0) is 21.9. The fraction of sp³-hybridized carbons (Fsp3) is 0.920. The molecule has 0 aromatic heterocycles. The third kappa shape index (κ3) is 13.8. The van der Waals surface area contributed by atoms with Gasteiger partial charge in [-0.15, -0.1) is 0 Å². The van der Waals surface area contributed by atoms with Gasteiger partial charge in [-0.3, -0.25) is 0 Å². The van der Waals surface area contributed by atoms with E-state index >= 15 is 0 Å². The number of allylic oxidation sites excluding steroid dienone is 2. The number of rotatable bonds is 20. The highest BCUT2D eigenvalue weighted by Crippen LogP contribution is 2.18. The van der Waals surface area contributed by atoms with Gasteiger partial charge in [-0.05, 0) is 25.7 Å². The van der Waals surface area contributed by atoms with E-state index in [0.717, 1.165) is 12.8 Å². The number of hydrogen-bond donors (Lipinski definition) is 3. The van der Waals surface area contributed by atoms with Gasteiger partial charge in [0.15, 0.2) is 0 Å². The summed E-state index contributed by atoms with van der Waals surface area (Å²) in [6.45, 7) is 3.08. The molecular weight excluding hydrogens is 380 g/mol. The summed E-state index contributed by atoms with van der Waals surface area (Å²) in [7, 11) is 0. The Morgan fingerprint density at radius 1 is 0.833 bits per heavy atom. The van der Waals surface area contributed by atoms with Crippen molar-refractivity contribution in [2.45, 2.75) is 128 Å². The van der Waals surface area contributed by atoms with Gasteiger partial charge in [0.2, 0.25) is 0 Å². The van der Waals surface area contributed by atoms with E-state index < -0.39 is 24.4 Å². The zero-order valence-electron chi connectivity index (χ0n) is 19.4. The number of aliphatic hydroxyl groups excluding tert-OH is 3. The van der Waals surface area contributed by atoms with Crippen molar-refractivity contribution in [3.05, 3.63) is 12.2 Å². The number of hydrogen-bond acceptors (Lipinski definition) is 5. The lowest BCUT2D eigenvalue weighted by atomic mass is 10.0. The maximum absolute atomic E-state index is 9.96. The van der Waals surface area contributed by atoms with Gasteiger partial charge in [0.05, 0.1) is 13.2 Å². The Morgan fingerprint density at radius 3 is 1.90 bits per heavy atom. The molecule has 5 heteroatoms. The van der Waals surface area contributed by atoms with Crippen LogP contribution in [0.15, 0.2) is 12.2 Å². The van der Waals surface area contributed by atoms with E-state index in [9.17, 15) is 15.3 Å². The molecule has 0 amide bonds. The molecule has 1 saturated heterocycles. The largest absolute Gasteiger partial charge is 0.388 e. The summed E-state index contributed by atoms with van der Waals surface area (Å²) >= 11 is 0. The fourth-order valence-electron chi connectivity index (χ4n) is 3.88. The molecular formula is C25H48O5. The maximum atomic E-state index is 9.96. The van der Waals surface area contributed by atoms with Crippen LogP contribution >= 0.6 is 0 Å². The van der Waals surface area contributed by atoms with Crippen molar-refractivity contribution in [2.75, 3.05) is 19.8 Å². The minimum atomic E-state index is -1.03. The lowest BCUT2D eigenvalue weighted by molar-refractivity contribution is -0.0813. The van der Waals surface area contributed by atoms with E-state index in [4.69, 9.17) is 9.47 Å². The molecule has 5 nitrogen and oxygen atoms in total. The minimum absolute atomic E-state index is 0.0691. The van der Waals surface area contributed by atoms with Gasteiger partial charge in [0.1, 0.15) is 24.4 Å². The molecule has 1 fully saturated rings. The molecule has 3 N–H and O–H groups in total. The van der Waals surface area contributed by atoms with Crippen LogP contribution in [0.5, 0.6) is 0 Å². The molecule has 0 spiro atoms. The van der Waals surface area contributed by atoms with Crippen molar-refractivity contribution >= 4 is 0 Å². The van der Waals surface area contributed by atoms with Crippen LogP contribution < -0.4 is 0 Å². The smallest absolute Gasteiger partial charge is 0.114 e. The Hall–Kier alpha value is -0.460. The molecule has 178 valence electrons. The van der Waals surface area contributed by atoms with Crippen LogP contribution in [-0.4, -0.2) is 59.6 Å². The highest BCUT2D eigenvalue weighted by atomic mass is 16.5. The van der Waals surface area contributed by atoms with E-state index in [2.05, 4.69) is 19.1 Å². The summed E-state index contributed by atoms with van der Waals surface area (Å²) in [5, 5.41) is 29.1. The van der Waals surface area contributed by atoms with E-state index in [1.165, 1.54) is 83.5 Å². The molecule has 0 aromatic rings. The quantitative estimate of drug-likeness (QED) is 0.190. The number of unbranched alkanes of at least 4 members (excludes halogenated alkanes) is 13. The van der Waals surface area contributed by atoms with E-state index in [-0.39, 0.29) is 13.2 Å². The molecule has 0 bridgehead atoms. The van der Waals surface area contributed by atoms with Gasteiger partial charge in [0, 0.05) is 6.61 Å². The van der Waals surface area contributed by atoms with Crippen molar-refractivity contribution in [3.63, 3.8) is 0 Å². The molecule has 1 rings (SSSR count). The molecule has 0 aliphatic carbocycles. The van der Waals surface area contributed by atoms with Gasteiger partial charge in [0.25, 0.3) is 0 Å². The second-order valence-corrected chi connectivity index (χ2v) is 8.79. The van der Waals surface area contributed by atoms with E-state index in [1.54, 1.807) is 0 Å². The molecule has 1 aliphatic rings. The molecule has 0 saturated carbocycles. The van der Waals surface area contributed by atoms with Crippen LogP contribution in [0.4, 0.5) is 0 Å². The van der Waals surface area contributed by atoms with Crippen molar-refractivity contribution < 1.29 is 24.8 Å². The predicted octanol–water partition coefficient (Wildman–Crippen LogP) is 4.91. The van der Waals surface area contributed by atoms with E-state index in [0.29, 0.717) is 6.61 Å². The minimum Gasteiger partial charge on any atom is -0.388 e. The van der Waals surface area contributed by atoms with Gasteiger partial charge < -0.3 is 24.8 Å². The average Bonchev–Trinajstić information content (AvgIpc) is 3.08. The molecule has 1 aliphatic heterocycles. The Bertz CT molecular complexity index is 401. The standard InChI is InChI=1S/C25H48O5/c1-2-3-4-5-6-7-8-9-10-11-12-13-14-15-16-17-18-19-29-20-23(27)25-24(28)22(26)21-30-25/h5-6,22-28H,2-4,7-21H2,1H3/b6-5+/t22-,23+,24+,25+/m0/s1. The zero-order valence-corrected chi connectivity index (χ0v) is 19.4. The Kier molecular flexibility index (Phi) is 17.7. The van der Waals surface area contributed by atoms with Crippen molar-refractivity contribution in [1.82, 2.24) is 0 Å². The number of aliphatic hydroxyl groups is 3. The monoisotopic (exact) mass is 428 g/mol. The third-order valence-electron chi connectivity index (χ3n) is 5.91. The van der Waals surface area contributed by atoms with Crippen molar-refractivity contribution in [1.29, 1.82) is 0 Å². The summed E-state index contributed by atoms with van der Waals surface area (Å²) in [4.78, 5) is 0. The lowest BCUT2D eigenvalue weighted by Crippen LogP contribution is -2.40. The van der Waals surface area contributed by atoms with Gasteiger partial charge in [-0.1, -0.05) is 89.7 Å². The Morgan fingerprint density at radius 2 is 1.37 bits per heavy atom. The average molecular weight is 429 g/mol. The summed E-state index contributed by atoms with van der Waals surface area (Å²) in [5.41, 5.74) is 0. The fourth-order valence-corrected chi connectivity index (χ4v) is 3.88. The summed E-state index contributed by atoms with van der Waals surface area (Å²) < 4.78 is 10.7. The van der Waals surface area contributed by atoms with Gasteiger partial charge >= 0.3 is 0 Å². The lowest BCUT2D eigenvalue weighted by Gasteiger charge is -2.20. The maximum Gasteiger partial charge on any atom is 0.114 e. The second-order valence-electron chi connectivity index (χ2n) is 8.79. The normalized spacial score (nSPS) is 22.9. The molecule has 0 radical (unpaired) electrons. The van der Waals surface area contributed by atoms with E-state index in [1.807, 2.05) is 0 Å².